The third-order valence-corrected chi connectivity index (χ3v) is 4.36. The summed E-state index contributed by atoms with van der Waals surface area (Å²) in [5.41, 5.74) is 7.85. The van der Waals surface area contributed by atoms with Crippen LogP contribution in [0, 0.1) is 0 Å². The lowest BCUT2D eigenvalue weighted by atomic mass is 10.2. The van der Waals surface area contributed by atoms with Gasteiger partial charge in [-0.05, 0) is 44.2 Å². The van der Waals surface area contributed by atoms with E-state index in [-0.39, 0.29) is 6.61 Å². The number of aliphatic hydroxyl groups excluding tert-OH is 1. The molecular formula is C14H21N6OPS. The normalized spacial score (nSPS) is 15.4. The van der Waals surface area contributed by atoms with Gasteiger partial charge in [-0.3, -0.25) is 4.72 Å². The minimum Gasteiger partial charge on any atom is -0.395 e. The second-order valence-corrected chi connectivity index (χ2v) is 6.54. The second-order valence-electron chi connectivity index (χ2n) is 4.67. The zero-order valence-corrected chi connectivity index (χ0v) is 14.4. The Morgan fingerprint density at radius 1 is 1.39 bits per heavy atom. The van der Waals surface area contributed by atoms with E-state index >= 15 is 0 Å². The third kappa shape index (κ3) is 6.21. The van der Waals surface area contributed by atoms with Crippen LogP contribution in [-0.4, -0.2) is 35.8 Å². The van der Waals surface area contributed by atoms with Crippen molar-refractivity contribution in [3.05, 3.63) is 53.5 Å². The predicted molar refractivity (Wildman–Crippen MR) is 97.7 cm³/mol. The number of aliphatic hydroxyl groups is 1. The molecule has 0 fully saturated rings. The standard InChI is InChI=1S/C14H21N6OPS/c15-14(19-20(16)10-11-5-8-22-17-9-11)12-1-3-13(4-2-12)23-18-6-7-21/h1-5,8-9,17-18,21-22H,6-7,10,16H2,(H2,15,19). The van der Waals surface area contributed by atoms with Crippen LogP contribution < -0.4 is 21.4 Å². The average Bonchev–Trinajstić information content (AvgIpc) is 2.56. The molecule has 1 aliphatic heterocycles. The summed E-state index contributed by atoms with van der Waals surface area (Å²) in [6, 6.07) is 7.64. The van der Waals surface area contributed by atoms with Gasteiger partial charge < -0.3 is 15.9 Å². The maximum Gasteiger partial charge on any atom is 0.152 e. The third-order valence-electron chi connectivity index (χ3n) is 2.86. The molecule has 1 atom stereocenters. The van der Waals surface area contributed by atoms with Crippen molar-refractivity contribution in [2.24, 2.45) is 16.7 Å². The van der Waals surface area contributed by atoms with Gasteiger partial charge in [0.2, 0.25) is 0 Å². The number of nitrogens with zero attached hydrogens (tertiary/aromatic N) is 2. The van der Waals surface area contributed by atoms with Crippen LogP contribution in [0.15, 0.2) is 57.9 Å². The highest BCUT2D eigenvalue weighted by atomic mass is 32.2. The van der Waals surface area contributed by atoms with Crippen molar-refractivity contribution in [1.82, 2.24) is 14.9 Å². The molecular weight excluding hydrogens is 331 g/mol. The molecule has 2 rings (SSSR count). The van der Waals surface area contributed by atoms with Crippen molar-refractivity contribution >= 4 is 26.5 Å². The first kappa shape index (κ1) is 17.8. The molecule has 1 aliphatic rings. The molecule has 7 N–H and O–H groups in total. The highest BCUT2D eigenvalue weighted by molar-refractivity contribution is 7.97. The van der Waals surface area contributed by atoms with Gasteiger partial charge in [-0.15, -0.1) is 5.10 Å². The zero-order valence-electron chi connectivity index (χ0n) is 12.6. The number of hydrogen-bond donors (Lipinski definition) is 5. The highest BCUT2D eigenvalue weighted by Crippen LogP contribution is 2.16. The maximum absolute atomic E-state index is 8.73. The summed E-state index contributed by atoms with van der Waals surface area (Å²) in [6.07, 6.45) is 3.95. The van der Waals surface area contributed by atoms with E-state index in [0.29, 0.717) is 27.7 Å². The number of nitrogens with two attached hydrogens (primary N) is 2. The van der Waals surface area contributed by atoms with Gasteiger partial charge in [-0.1, -0.05) is 18.2 Å². The Kier molecular flexibility index (Phi) is 7.38. The Hall–Kier alpha value is -1.57. The van der Waals surface area contributed by atoms with Gasteiger partial charge >= 0.3 is 0 Å². The van der Waals surface area contributed by atoms with Crippen LogP contribution in [0.5, 0.6) is 0 Å². The predicted octanol–water partition coefficient (Wildman–Crippen LogP) is 0.666. The number of nitrogens with one attached hydrogen (secondary N) is 2. The maximum atomic E-state index is 8.73. The monoisotopic (exact) mass is 352 g/mol. The molecule has 1 aromatic rings. The quantitative estimate of drug-likeness (QED) is 0.0889. The lowest BCUT2D eigenvalue weighted by molar-refractivity contribution is 0.302. The van der Waals surface area contributed by atoms with Crippen LogP contribution in [-0.2, 0) is 0 Å². The first-order valence-electron chi connectivity index (χ1n) is 7.03. The minimum atomic E-state index is 0.110. The van der Waals surface area contributed by atoms with Crippen molar-refractivity contribution in [3.63, 3.8) is 0 Å². The van der Waals surface area contributed by atoms with Crippen LogP contribution in [0.3, 0.4) is 0 Å². The van der Waals surface area contributed by atoms with Crippen molar-refractivity contribution < 1.29 is 5.11 Å². The molecule has 1 aromatic carbocycles. The number of hydrazone groups is 1. The van der Waals surface area contributed by atoms with Crippen molar-refractivity contribution in [2.75, 3.05) is 19.7 Å². The molecule has 0 saturated heterocycles. The first-order chi connectivity index (χ1) is 11.2. The summed E-state index contributed by atoms with van der Waals surface area (Å²) < 4.78 is 3.04. The van der Waals surface area contributed by atoms with Gasteiger partial charge in [0.1, 0.15) is 0 Å². The minimum absolute atomic E-state index is 0.110. The van der Waals surface area contributed by atoms with Crippen LogP contribution in [0.4, 0.5) is 0 Å². The molecule has 0 spiro atoms. The molecule has 7 nitrogen and oxygen atoms in total. The van der Waals surface area contributed by atoms with Crippen molar-refractivity contribution in [2.45, 2.75) is 4.90 Å². The van der Waals surface area contributed by atoms with Gasteiger partial charge in [0.15, 0.2) is 5.84 Å². The molecule has 23 heavy (non-hydrogen) atoms. The Morgan fingerprint density at radius 2 is 2.17 bits per heavy atom. The van der Waals surface area contributed by atoms with Crippen LogP contribution >= 0.6 is 20.7 Å². The SMILES string of the molecule is N/C(=N\N(N)CC1=CNPC=C1)c1ccc(SNCCO)cc1. The van der Waals surface area contributed by atoms with Gasteiger partial charge in [-0.2, -0.15) is 0 Å². The first-order valence-corrected chi connectivity index (χ1v) is 8.92. The molecule has 1 heterocycles. The summed E-state index contributed by atoms with van der Waals surface area (Å²) in [5, 5.41) is 17.4. The van der Waals surface area contributed by atoms with Crippen molar-refractivity contribution in [3.8, 4) is 0 Å². The number of amidine groups is 1. The van der Waals surface area contributed by atoms with E-state index < -0.39 is 0 Å². The molecule has 124 valence electrons. The largest absolute Gasteiger partial charge is 0.395 e. The van der Waals surface area contributed by atoms with E-state index in [1.54, 1.807) is 0 Å². The van der Waals surface area contributed by atoms with Gasteiger partial charge in [0, 0.05) is 23.2 Å². The summed E-state index contributed by atoms with van der Waals surface area (Å²) >= 11 is 1.46. The fraction of sp³-hybridized carbons (Fsp3) is 0.214. The summed E-state index contributed by atoms with van der Waals surface area (Å²) in [4.78, 5) is 1.03. The second kappa shape index (κ2) is 9.54. The topological polar surface area (TPSA) is 112 Å². The van der Waals surface area contributed by atoms with Gasteiger partial charge in [0.05, 0.1) is 13.2 Å². The van der Waals surface area contributed by atoms with Crippen LogP contribution in [0.2, 0.25) is 0 Å². The highest BCUT2D eigenvalue weighted by Gasteiger charge is 2.04. The molecule has 0 aromatic heterocycles. The van der Waals surface area contributed by atoms with E-state index in [4.69, 9.17) is 16.7 Å². The molecule has 1 unspecified atom stereocenters. The van der Waals surface area contributed by atoms with Gasteiger partial charge in [-0.25, -0.2) is 11.0 Å². The molecule has 9 heteroatoms. The number of hydrazine groups is 1. The molecule has 0 amide bonds. The molecule has 0 radical (unpaired) electrons. The Bertz CT molecular complexity index is 589. The van der Waals surface area contributed by atoms with E-state index in [1.807, 2.05) is 36.5 Å². The van der Waals surface area contributed by atoms with Crippen LogP contribution in [0.25, 0.3) is 0 Å². The lowest BCUT2D eigenvalue weighted by Crippen LogP contribution is -2.31. The fourth-order valence-corrected chi connectivity index (χ4v) is 3.06. The fourth-order valence-electron chi connectivity index (χ4n) is 1.77. The summed E-state index contributed by atoms with van der Waals surface area (Å²) in [7, 11) is 0.608. The summed E-state index contributed by atoms with van der Waals surface area (Å²) in [6.45, 7) is 1.13. The molecule has 0 saturated carbocycles. The Morgan fingerprint density at radius 3 is 2.83 bits per heavy atom. The molecule has 0 aliphatic carbocycles. The van der Waals surface area contributed by atoms with E-state index in [9.17, 15) is 0 Å². The molecule has 0 bridgehead atoms. The van der Waals surface area contributed by atoms with E-state index in [2.05, 4.69) is 20.7 Å². The lowest BCUT2D eigenvalue weighted by Gasteiger charge is -2.16. The van der Waals surface area contributed by atoms with E-state index in [0.717, 1.165) is 16.0 Å². The van der Waals surface area contributed by atoms with Crippen molar-refractivity contribution in [1.29, 1.82) is 0 Å². The van der Waals surface area contributed by atoms with Crippen LogP contribution in [0.1, 0.15) is 5.56 Å². The Labute approximate surface area is 141 Å². The summed E-state index contributed by atoms with van der Waals surface area (Å²) in [5.74, 6) is 8.30. The number of rotatable bonds is 8. The average molecular weight is 352 g/mol. The number of benzene rings is 1. The zero-order chi connectivity index (χ0) is 16.5. The van der Waals surface area contributed by atoms with Gasteiger partial charge in [0.25, 0.3) is 0 Å². The Balaban J connectivity index is 1.91. The van der Waals surface area contributed by atoms with E-state index in [1.165, 1.54) is 17.1 Å². The number of hydrogen-bond acceptors (Lipinski definition) is 7. The smallest absolute Gasteiger partial charge is 0.152 e.